The van der Waals surface area contributed by atoms with Gasteiger partial charge in [-0.3, -0.25) is 0 Å². The Labute approximate surface area is 81.8 Å². The number of halogens is 2. The third kappa shape index (κ3) is 2.67. The summed E-state index contributed by atoms with van der Waals surface area (Å²) in [6, 6.07) is 6.18. The third-order valence-corrected chi connectivity index (χ3v) is 1.93. The number of likely N-dealkylation sites (N-methyl/N-ethyl adjacent to an activating group) is 1. The summed E-state index contributed by atoms with van der Waals surface area (Å²) in [4.78, 5) is 1.49. The second-order valence-corrected chi connectivity index (χ2v) is 3.14. The van der Waals surface area contributed by atoms with Crippen molar-refractivity contribution in [3.8, 4) is 0 Å². The van der Waals surface area contributed by atoms with E-state index in [4.69, 9.17) is 5.11 Å². The minimum atomic E-state index is -1.07. The van der Waals surface area contributed by atoms with Gasteiger partial charge in [-0.2, -0.15) is 0 Å². The van der Waals surface area contributed by atoms with E-state index >= 15 is 0 Å². The number of rotatable bonds is 4. The molecule has 0 heterocycles. The maximum absolute atomic E-state index is 13.2. The van der Waals surface area contributed by atoms with E-state index in [0.29, 0.717) is 5.69 Å². The maximum Gasteiger partial charge on any atom is 0.146 e. The lowest BCUT2D eigenvalue weighted by atomic mass is 10.2. The van der Waals surface area contributed by atoms with Crippen molar-refractivity contribution in [2.75, 3.05) is 25.2 Å². The van der Waals surface area contributed by atoms with Crippen LogP contribution in [0, 0.1) is 5.82 Å². The standard InChI is InChI=1S/C10H13F2NO/c1-13(7-8(14)6-11)10-5-3-2-4-9(10)12/h2-5,8,14H,6-7H2,1H3. The Kier molecular flexibility index (Phi) is 3.83. The molecule has 1 rings (SSSR count). The molecule has 0 saturated heterocycles. The summed E-state index contributed by atoms with van der Waals surface area (Å²) in [6.45, 7) is -0.740. The molecular weight excluding hydrogens is 188 g/mol. The Hall–Kier alpha value is -1.16. The third-order valence-electron chi connectivity index (χ3n) is 1.93. The first kappa shape index (κ1) is 10.9. The molecule has 4 heteroatoms. The van der Waals surface area contributed by atoms with Crippen LogP contribution in [0.3, 0.4) is 0 Å². The van der Waals surface area contributed by atoms with Gasteiger partial charge in [0.2, 0.25) is 0 Å². The van der Waals surface area contributed by atoms with Crippen molar-refractivity contribution in [3.05, 3.63) is 30.1 Å². The molecule has 0 spiro atoms. The molecule has 0 aliphatic carbocycles. The predicted molar refractivity (Wildman–Crippen MR) is 51.7 cm³/mol. The highest BCUT2D eigenvalue weighted by molar-refractivity contribution is 5.46. The van der Waals surface area contributed by atoms with E-state index in [1.807, 2.05) is 0 Å². The molecule has 0 aliphatic rings. The molecule has 1 aromatic carbocycles. The van der Waals surface area contributed by atoms with Gasteiger partial charge < -0.3 is 10.0 Å². The monoisotopic (exact) mass is 201 g/mol. The number of benzene rings is 1. The molecule has 0 bridgehead atoms. The summed E-state index contributed by atoms with van der Waals surface area (Å²) in [5.41, 5.74) is 0.361. The molecule has 0 fully saturated rings. The summed E-state index contributed by atoms with van der Waals surface area (Å²) in [5.74, 6) is -0.374. The highest BCUT2D eigenvalue weighted by Crippen LogP contribution is 2.16. The fourth-order valence-corrected chi connectivity index (χ4v) is 1.22. The Morgan fingerprint density at radius 1 is 1.43 bits per heavy atom. The van der Waals surface area contributed by atoms with E-state index in [0.717, 1.165) is 0 Å². The number of alkyl halides is 1. The highest BCUT2D eigenvalue weighted by Gasteiger charge is 2.10. The van der Waals surface area contributed by atoms with Gasteiger partial charge in [0.1, 0.15) is 12.5 Å². The largest absolute Gasteiger partial charge is 0.389 e. The maximum atomic E-state index is 13.2. The van der Waals surface area contributed by atoms with E-state index in [2.05, 4.69) is 0 Å². The summed E-state index contributed by atoms with van der Waals surface area (Å²) in [7, 11) is 1.61. The minimum absolute atomic E-state index is 0.0808. The number of aliphatic hydroxyl groups is 1. The van der Waals surface area contributed by atoms with Crippen molar-refractivity contribution in [2.24, 2.45) is 0 Å². The van der Waals surface area contributed by atoms with Crippen LogP contribution in [0.25, 0.3) is 0 Å². The molecule has 1 unspecified atom stereocenters. The van der Waals surface area contributed by atoms with Gasteiger partial charge in [0, 0.05) is 13.6 Å². The average molecular weight is 201 g/mol. The van der Waals surface area contributed by atoms with Crippen LogP contribution >= 0.6 is 0 Å². The van der Waals surface area contributed by atoms with Crippen molar-refractivity contribution >= 4 is 5.69 Å². The summed E-state index contributed by atoms with van der Waals surface area (Å²) < 4.78 is 25.2. The number of aliphatic hydroxyl groups excluding tert-OH is 1. The van der Waals surface area contributed by atoms with Gasteiger partial charge >= 0.3 is 0 Å². The van der Waals surface area contributed by atoms with Gasteiger partial charge in [-0.1, -0.05) is 12.1 Å². The van der Waals surface area contributed by atoms with Gasteiger partial charge in [0.25, 0.3) is 0 Å². The van der Waals surface area contributed by atoms with E-state index in [1.165, 1.54) is 11.0 Å². The van der Waals surface area contributed by atoms with E-state index in [-0.39, 0.29) is 12.4 Å². The number of hydrogen-bond donors (Lipinski definition) is 1. The van der Waals surface area contributed by atoms with Gasteiger partial charge in [0.05, 0.1) is 11.8 Å². The predicted octanol–water partition coefficient (Wildman–Crippen LogP) is 1.59. The van der Waals surface area contributed by atoms with Crippen LogP contribution in [0.15, 0.2) is 24.3 Å². The molecule has 0 aliphatic heterocycles. The zero-order chi connectivity index (χ0) is 10.6. The van der Waals surface area contributed by atoms with Gasteiger partial charge in [0.15, 0.2) is 0 Å². The molecule has 0 aromatic heterocycles. The summed E-state index contributed by atoms with van der Waals surface area (Å²) in [5, 5.41) is 9.04. The quantitative estimate of drug-likeness (QED) is 0.799. The second kappa shape index (κ2) is 4.91. The first-order valence-electron chi connectivity index (χ1n) is 4.35. The molecule has 0 saturated carbocycles. The zero-order valence-electron chi connectivity index (χ0n) is 7.95. The first-order valence-corrected chi connectivity index (χ1v) is 4.35. The lowest BCUT2D eigenvalue weighted by molar-refractivity contribution is 0.146. The van der Waals surface area contributed by atoms with Crippen LogP contribution in [-0.2, 0) is 0 Å². The fourth-order valence-electron chi connectivity index (χ4n) is 1.22. The number of anilines is 1. The van der Waals surface area contributed by atoms with Crippen LogP contribution in [0.4, 0.5) is 14.5 Å². The van der Waals surface area contributed by atoms with Crippen LogP contribution < -0.4 is 4.90 Å². The van der Waals surface area contributed by atoms with Gasteiger partial charge in [-0.25, -0.2) is 8.78 Å². The Morgan fingerprint density at radius 2 is 2.07 bits per heavy atom. The Balaban J connectivity index is 2.69. The molecule has 78 valence electrons. The second-order valence-electron chi connectivity index (χ2n) is 3.14. The van der Waals surface area contributed by atoms with Crippen LogP contribution in [-0.4, -0.2) is 31.5 Å². The number of hydrogen-bond acceptors (Lipinski definition) is 2. The lowest BCUT2D eigenvalue weighted by Crippen LogP contribution is -2.30. The fraction of sp³-hybridized carbons (Fsp3) is 0.400. The van der Waals surface area contributed by atoms with Crippen LogP contribution in [0.5, 0.6) is 0 Å². The molecule has 1 atom stereocenters. The SMILES string of the molecule is CN(CC(O)CF)c1ccccc1F. The van der Waals surface area contributed by atoms with Crippen molar-refractivity contribution < 1.29 is 13.9 Å². The highest BCUT2D eigenvalue weighted by atomic mass is 19.1. The molecule has 1 N–H and O–H groups in total. The van der Waals surface area contributed by atoms with Gasteiger partial charge in [-0.05, 0) is 12.1 Å². The average Bonchev–Trinajstić information content (AvgIpc) is 2.18. The molecule has 1 aromatic rings. The Morgan fingerprint density at radius 3 is 2.64 bits per heavy atom. The summed E-state index contributed by atoms with van der Waals surface area (Å²) in [6.07, 6.45) is -1.07. The number of nitrogens with zero attached hydrogens (tertiary/aromatic N) is 1. The van der Waals surface area contributed by atoms with Crippen molar-refractivity contribution in [3.63, 3.8) is 0 Å². The minimum Gasteiger partial charge on any atom is -0.389 e. The molecule has 2 nitrogen and oxygen atoms in total. The number of para-hydroxylation sites is 1. The lowest BCUT2D eigenvalue weighted by Gasteiger charge is -2.21. The molecular formula is C10H13F2NO. The van der Waals surface area contributed by atoms with Crippen molar-refractivity contribution in [1.29, 1.82) is 0 Å². The molecule has 0 amide bonds. The molecule has 14 heavy (non-hydrogen) atoms. The van der Waals surface area contributed by atoms with E-state index in [9.17, 15) is 8.78 Å². The topological polar surface area (TPSA) is 23.5 Å². The zero-order valence-corrected chi connectivity index (χ0v) is 7.95. The molecule has 0 radical (unpaired) electrons. The smallest absolute Gasteiger partial charge is 0.146 e. The van der Waals surface area contributed by atoms with E-state index < -0.39 is 12.8 Å². The Bertz CT molecular complexity index is 293. The normalized spacial score (nSPS) is 12.6. The van der Waals surface area contributed by atoms with Crippen molar-refractivity contribution in [1.82, 2.24) is 0 Å². The summed E-state index contributed by atoms with van der Waals surface area (Å²) >= 11 is 0. The van der Waals surface area contributed by atoms with Crippen LogP contribution in [0.1, 0.15) is 0 Å². The first-order chi connectivity index (χ1) is 6.65. The van der Waals surface area contributed by atoms with E-state index in [1.54, 1.807) is 25.2 Å². The van der Waals surface area contributed by atoms with Crippen LogP contribution in [0.2, 0.25) is 0 Å². The van der Waals surface area contributed by atoms with Crippen molar-refractivity contribution in [2.45, 2.75) is 6.10 Å². The van der Waals surface area contributed by atoms with Gasteiger partial charge in [-0.15, -0.1) is 0 Å².